The van der Waals surface area contributed by atoms with E-state index in [1.807, 2.05) is 12.1 Å². The Labute approximate surface area is 126 Å². The molecule has 112 valence electrons. The van der Waals surface area contributed by atoms with Crippen LogP contribution in [0.2, 0.25) is 5.02 Å². The van der Waals surface area contributed by atoms with Crippen molar-refractivity contribution in [2.75, 3.05) is 40.0 Å². The van der Waals surface area contributed by atoms with Crippen LogP contribution in [0.5, 0.6) is 0 Å². The summed E-state index contributed by atoms with van der Waals surface area (Å²) in [6.07, 6.45) is 3.17. The van der Waals surface area contributed by atoms with Gasteiger partial charge in [-0.2, -0.15) is 0 Å². The van der Waals surface area contributed by atoms with Gasteiger partial charge in [0.1, 0.15) is 0 Å². The largest absolute Gasteiger partial charge is 0.383 e. The molecule has 0 bridgehead atoms. The Balaban J connectivity index is 2.01. The zero-order valence-electron chi connectivity index (χ0n) is 12.2. The molecule has 1 aromatic rings. The predicted molar refractivity (Wildman–Crippen MR) is 82.4 cm³/mol. The lowest BCUT2D eigenvalue weighted by Gasteiger charge is -2.38. The van der Waals surface area contributed by atoms with Crippen LogP contribution in [0.25, 0.3) is 0 Å². The van der Waals surface area contributed by atoms with Gasteiger partial charge in [-0.15, -0.1) is 0 Å². The van der Waals surface area contributed by atoms with Gasteiger partial charge in [0.2, 0.25) is 0 Å². The van der Waals surface area contributed by atoms with Crippen LogP contribution in [0.1, 0.15) is 18.4 Å². The number of rotatable bonds is 7. The lowest BCUT2D eigenvalue weighted by atomic mass is 9.75. The Bertz CT molecular complexity index is 405. The minimum atomic E-state index is 0.247. The van der Waals surface area contributed by atoms with Crippen molar-refractivity contribution in [2.45, 2.75) is 19.3 Å². The maximum atomic E-state index is 6.32. The lowest BCUT2D eigenvalue weighted by Crippen LogP contribution is -2.41. The summed E-state index contributed by atoms with van der Waals surface area (Å²) in [5.74, 6) is 0. The first kappa shape index (κ1) is 15.8. The van der Waals surface area contributed by atoms with E-state index in [4.69, 9.17) is 21.1 Å². The molecule has 1 fully saturated rings. The summed E-state index contributed by atoms with van der Waals surface area (Å²) in [6.45, 7) is 4.32. The summed E-state index contributed by atoms with van der Waals surface area (Å²) in [6, 6.07) is 8.16. The molecular formula is C16H24ClNO2. The van der Waals surface area contributed by atoms with Gasteiger partial charge in [-0.1, -0.05) is 29.8 Å². The second-order valence-corrected chi connectivity index (χ2v) is 5.96. The molecule has 2 rings (SSSR count). The molecule has 0 atom stereocenters. The third-order valence-corrected chi connectivity index (χ3v) is 4.43. The van der Waals surface area contributed by atoms with E-state index in [1.54, 1.807) is 7.11 Å². The summed E-state index contributed by atoms with van der Waals surface area (Å²) >= 11 is 6.32. The second kappa shape index (κ2) is 7.99. The number of ether oxygens (including phenoxy) is 2. The smallest absolute Gasteiger partial charge is 0.0587 e. The normalized spacial score (nSPS) is 18.1. The van der Waals surface area contributed by atoms with Gasteiger partial charge in [0.05, 0.1) is 6.61 Å². The van der Waals surface area contributed by atoms with E-state index >= 15 is 0 Å². The molecule has 0 spiro atoms. The van der Waals surface area contributed by atoms with E-state index in [0.29, 0.717) is 0 Å². The van der Waals surface area contributed by atoms with Gasteiger partial charge in [-0.25, -0.2) is 0 Å². The quantitative estimate of drug-likeness (QED) is 0.785. The maximum Gasteiger partial charge on any atom is 0.0587 e. The van der Waals surface area contributed by atoms with Crippen LogP contribution in [0.4, 0.5) is 0 Å². The summed E-state index contributed by atoms with van der Waals surface area (Å²) in [5, 5.41) is 4.38. The van der Waals surface area contributed by atoms with Crippen LogP contribution in [-0.4, -0.2) is 40.0 Å². The van der Waals surface area contributed by atoms with Crippen molar-refractivity contribution in [3.63, 3.8) is 0 Å². The Morgan fingerprint density at radius 3 is 2.75 bits per heavy atom. The minimum Gasteiger partial charge on any atom is -0.383 e. The number of hydrogen-bond acceptors (Lipinski definition) is 3. The van der Waals surface area contributed by atoms with Gasteiger partial charge in [-0.05, 0) is 36.3 Å². The fraction of sp³-hybridized carbons (Fsp3) is 0.625. The SMILES string of the molecule is COCCNCC1(Cc2ccccc2Cl)CCOCC1. The monoisotopic (exact) mass is 297 g/mol. The number of methoxy groups -OCH3 is 1. The number of halogens is 1. The molecule has 3 nitrogen and oxygen atoms in total. The maximum absolute atomic E-state index is 6.32. The molecule has 1 heterocycles. The molecule has 20 heavy (non-hydrogen) atoms. The van der Waals surface area contributed by atoms with Crippen LogP contribution in [0, 0.1) is 5.41 Å². The van der Waals surface area contributed by atoms with E-state index in [2.05, 4.69) is 17.4 Å². The molecule has 0 saturated carbocycles. The van der Waals surface area contributed by atoms with Crippen molar-refractivity contribution < 1.29 is 9.47 Å². The summed E-state index contributed by atoms with van der Waals surface area (Å²) in [4.78, 5) is 0. The fourth-order valence-electron chi connectivity index (χ4n) is 2.79. The van der Waals surface area contributed by atoms with Crippen molar-refractivity contribution in [1.29, 1.82) is 0 Å². The molecule has 1 aliphatic heterocycles. The fourth-order valence-corrected chi connectivity index (χ4v) is 3.00. The highest BCUT2D eigenvalue weighted by Gasteiger charge is 2.32. The molecule has 0 aromatic heterocycles. The standard InChI is InChI=1S/C16H24ClNO2/c1-19-11-8-18-13-16(6-9-20-10-7-16)12-14-4-2-3-5-15(14)17/h2-5,18H,6-13H2,1H3. The van der Waals surface area contributed by atoms with Gasteiger partial charge in [-0.3, -0.25) is 0 Å². The summed E-state index contributed by atoms with van der Waals surface area (Å²) in [7, 11) is 1.73. The molecule has 1 aliphatic rings. The zero-order valence-corrected chi connectivity index (χ0v) is 12.9. The Morgan fingerprint density at radius 1 is 1.30 bits per heavy atom. The van der Waals surface area contributed by atoms with Crippen molar-refractivity contribution in [1.82, 2.24) is 5.32 Å². The second-order valence-electron chi connectivity index (χ2n) is 5.55. The van der Waals surface area contributed by atoms with E-state index in [9.17, 15) is 0 Å². The van der Waals surface area contributed by atoms with E-state index in [0.717, 1.165) is 57.2 Å². The Hall–Kier alpha value is -0.610. The summed E-state index contributed by atoms with van der Waals surface area (Å²) < 4.78 is 10.6. The van der Waals surface area contributed by atoms with E-state index in [1.165, 1.54) is 5.56 Å². The topological polar surface area (TPSA) is 30.5 Å². The molecule has 1 N–H and O–H groups in total. The average molecular weight is 298 g/mol. The highest BCUT2D eigenvalue weighted by molar-refractivity contribution is 6.31. The Kier molecular flexibility index (Phi) is 6.30. The molecule has 1 saturated heterocycles. The van der Waals surface area contributed by atoms with Crippen LogP contribution < -0.4 is 5.32 Å². The third-order valence-electron chi connectivity index (χ3n) is 4.06. The van der Waals surface area contributed by atoms with Crippen LogP contribution in [0.15, 0.2) is 24.3 Å². The predicted octanol–water partition coefficient (Wildman–Crippen LogP) is 2.92. The van der Waals surface area contributed by atoms with Gasteiger partial charge < -0.3 is 14.8 Å². The van der Waals surface area contributed by atoms with Gasteiger partial charge in [0, 0.05) is 38.4 Å². The average Bonchev–Trinajstić information content (AvgIpc) is 2.47. The lowest BCUT2D eigenvalue weighted by molar-refractivity contribution is 0.0143. The number of benzene rings is 1. The third kappa shape index (κ3) is 4.45. The van der Waals surface area contributed by atoms with Crippen molar-refractivity contribution >= 4 is 11.6 Å². The van der Waals surface area contributed by atoms with Crippen LogP contribution in [0.3, 0.4) is 0 Å². The molecule has 0 unspecified atom stereocenters. The van der Waals surface area contributed by atoms with E-state index < -0.39 is 0 Å². The van der Waals surface area contributed by atoms with Gasteiger partial charge in [0.25, 0.3) is 0 Å². The number of nitrogens with one attached hydrogen (secondary N) is 1. The first-order chi connectivity index (χ1) is 9.76. The zero-order chi connectivity index (χ0) is 14.3. The van der Waals surface area contributed by atoms with Crippen LogP contribution in [-0.2, 0) is 15.9 Å². The molecule has 0 aliphatic carbocycles. The first-order valence-electron chi connectivity index (χ1n) is 7.27. The molecule has 4 heteroatoms. The van der Waals surface area contributed by atoms with Crippen molar-refractivity contribution in [2.24, 2.45) is 5.41 Å². The number of hydrogen-bond donors (Lipinski definition) is 1. The molecule has 1 aromatic carbocycles. The van der Waals surface area contributed by atoms with Gasteiger partial charge >= 0.3 is 0 Å². The van der Waals surface area contributed by atoms with Gasteiger partial charge in [0.15, 0.2) is 0 Å². The van der Waals surface area contributed by atoms with Crippen molar-refractivity contribution in [3.05, 3.63) is 34.9 Å². The molecular weight excluding hydrogens is 274 g/mol. The summed E-state index contributed by atoms with van der Waals surface area (Å²) in [5.41, 5.74) is 1.49. The highest BCUT2D eigenvalue weighted by atomic mass is 35.5. The molecule has 0 amide bonds. The first-order valence-corrected chi connectivity index (χ1v) is 7.64. The van der Waals surface area contributed by atoms with Crippen molar-refractivity contribution in [3.8, 4) is 0 Å². The molecule has 0 radical (unpaired) electrons. The minimum absolute atomic E-state index is 0.247. The Morgan fingerprint density at radius 2 is 2.05 bits per heavy atom. The van der Waals surface area contributed by atoms with Crippen LogP contribution >= 0.6 is 11.6 Å². The van der Waals surface area contributed by atoms with E-state index in [-0.39, 0.29) is 5.41 Å². The highest BCUT2D eigenvalue weighted by Crippen LogP contribution is 2.35.